The Hall–Kier alpha value is -3.38. The lowest BCUT2D eigenvalue weighted by atomic mass is 9.73. The molecular weight excluding hydrogens is 467 g/mol. The summed E-state index contributed by atoms with van der Waals surface area (Å²) in [6.07, 6.45) is 0. The maximum atomic E-state index is 14.2. The molecule has 0 saturated carbocycles. The van der Waals surface area contributed by atoms with Gasteiger partial charge in [0.25, 0.3) is 0 Å². The number of carbonyl (C=O) groups excluding carboxylic acids is 2. The van der Waals surface area contributed by atoms with Crippen molar-refractivity contribution in [1.82, 2.24) is 9.80 Å². The number of hydrogen-bond acceptors (Lipinski definition) is 3. The van der Waals surface area contributed by atoms with Gasteiger partial charge in [-0.2, -0.15) is 0 Å². The summed E-state index contributed by atoms with van der Waals surface area (Å²) in [5.74, 6) is -0.265. The van der Waals surface area contributed by atoms with Gasteiger partial charge in [0.2, 0.25) is 11.8 Å². The summed E-state index contributed by atoms with van der Waals surface area (Å²) in [6, 6.07) is 21.1. The summed E-state index contributed by atoms with van der Waals surface area (Å²) < 4.78 is 19.6. The zero-order valence-electron chi connectivity index (χ0n) is 19.2. The fraction of sp³-hybridized carbons (Fsp3) is 0.286. The Kier molecular flexibility index (Phi) is 5.11. The highest BCUT2D eigenvalue weighted by molar-refractivity contribution is 6.30. The fourth-order valence-electron chi connectivity index (χ4n) is 6.31. The van der Waals surface area contributed by atoms with E-state index >= 15 is 0 Å². The van der Waals surface area contributed by atoms with E-state index in [1.54, 1.807) is 28.0 Å². The van der Waals surface area contributed by atoms with Crippen molar-refractivity contribution >= 4 is 23.4 Å². The number of fused-ring (bicyclic) bond motifs is 5. The van der Waals surface area contributed by atoms with Crippen LogP contribution in [0.15, 0.2) is 72.8 Å². The third-order valence-electron chi connectivity index (χ3n) is 7.70. The molecule has 0 N–H and O–H groups in total. The maximum Gasteiger partial charge on any atom is 0.249 e. The van der Waals surface area contributed by atoms with Gasteiger partial charge in [-0.1, -0.05) is 54.1 Å². The molecule has 3 aliphatic heterocycles. The summed E-state index contributed by atoms with van der Waals surface area (Å²) >= 11 is 6.36. The van der Waals surface area contributed by atoms with Crippen LogP contribution in [-0.2, 0) is 16.1 Å². The summed E-state index contributed by atoms with van der Waals surface area (Å²) in [4.78, 5) is 31.4. The average molecular weight is 491 g/mol. The molecular formula is C28H24ClFN2O3. The third-order valence-corrected chi connectivity index (χ3v) is 7.94. The van der Waals surface area contributed by atoms with Gasteiger partial charge in [-0.05, 0) is 48.4 Å². The molecule has 3 aliphatic rings. The minimum absolute atomic E-state index is 0.0344. The lowest BCUT2D eigenvalue weighted by Gasteiger charge is -2.47. The topological polar surface area (TPSA) is 49.9 Å². The second-order valence-electron chi connectivity index (χ2n) is 9.69. The normalized spacial score (nSPS) is 27.2. The predicted octanol–water partition coefficient (Wildman–Crippen LogP) is 4.96. The molecule has 6 rings (SSSR count). The van der Waals surface area contributed by atoms with E-state index in [2.05, 4.69) is 0 Å². The lowest BCUT2D eigenvalue weighted by Crippen LogP contribution is -2.65. The summed E-state index contributed by atoms with van der Waals surface area (Å²) in [7, 11) is 0. The van der Waals surface area contributed by atoms with E-state index in [1.807, 2.05) is 49.4 Å². The first kappa shape index (κ1) is 22.1. The van der Waals surface area contributed by atoms with Crippen molar-refractivity contribution in [1.29, 1.82) is 0 Å². The minimum atomic E-state index is -1.11. The van der Waals surface area contributed by atoms with Crippen molar-refractivity contribution in [2.75, 3.05) is 13.2 Å². The number of benzene rings is 3. The van der Waals surface area contributed by atoms with E-state index in [1.165, 1.54) is 12.1 Å². The molecule has 0 radical (unpaired) electrons. The molecule has 178 valence electrons. The first-order valence-corrected chi connectivity index (χ1v) is 12.1. The molecule has 5 nitrogen and oxygen atoms in total. The van der Waals surface area contributed by atoms with Crippen LogP contribution >= 0.6 is 11.6 Å². The van der Waals surface area contributed by atoms with Crippen molar-refractivity contribution < 1.29 is 18.7 Å². The van der Waals surface area contributed by atoms with Crippen molar-refractivity contribution in [2.45, 2.75) is 31.0 Å². The molecule has 7 heteroatoms. The van der Waals surface area contributed by atoms with Crippen LogP contribution in [0.25, 0.3) is 0 Å². The van der Waals surface area contributed by atoms with E-state index in [9.17, 15) is 14.0 Å². The number of carbonyl (C=O) groups is 2. The molecule has 3 aromatic carbocycles. The maximum absolute atomic E-state index is 14.2. The second kappa shape index (κ2) is 8.09. The number of amides is 2. The first-order chi connectivity index (χ1) is 16.9. The van der Waals surface area contributed by atoms with Gasteiger partial charge in [-0.25, -0.2) is 4.39 Å². The molecule has 3 unspecified atom stereocenters. The summed E-state index contributed by atoms with van der Waals surface area (Å²) in [5.41, 5.74) is 1.49. The smallest absolute Gasteiger partial charge is 0.249 e. The molecule has 3 heterocycles. The van der Waals surface area contributed by atoms with Gasteiger partial charge in [0.1, 0.15) is 23.7 Å². The number of nitrogens with zero attached hydrogens (tertiary/aromatic N) is 2. The highest BCUT2D eigenvalue weighted by atomic mass is 35.5. The first-order valence-electron chi connectivity index (χ1n) is 11.7. The monoisotopic (exact) mass is 490 g/mol. The summed E-state index contributed by atoms with van der Waals surface area (Å²) in [6.45, 7) is 2.48. The van der Waals surface area contributed by atoms with Gasteiger partial charge in [0, 0.05) is 29.0 Å². The van der Waals surface area contributed by atoms with Crippen molar-refractivity contribution in [2.24, 2.45) is 5.92 Å². The molecule has 4 atom stereocenters. The van der Waals surface area contributed by atoms with E-state index < -0.39 is 5.54 Å². The van der Waals surface area contributed by atoms with Gasteiger partial charge in [-0.15, -0.1) is 0 Å². The van der Waals surface area contributed by atoms with Crippen LogP contribution in [0.1, 0.15) is 35.6 Å². The molecule has 2 saturated heterocycles. The van der Waals surface area contributed by atoms with Gasteiger partial charge in [0.15, 0.2) is 0 Å². The SMILES string of the molecule is C[C@@]12C(=O)N(Cc3ccc(F)cc3)CC(=O)N1C1c3cc(Cl)ccc3OCC1C2c1ccccc1. The number of ether oxygens (including phenoxy) is 1. The van der Waals surface area contributed by atoms with E-state index in [4.69, 9.17) is 16.3 Å². The molecule has 0 spiro atoms. The highest BCUT2D eigenvalue weighted by Crippen LogP contribution is 2.60. The molecule has 0 aromatic heterocycles. The van der Waals surface area contributed by atoms with E-state index in [0.29, 0.717) is 17.4 Å². The molecule has 2 fully saturated rings. The number of piperazine rings is 1. The van der Waals surface area contributed by atoms with Crippen LogP contribution < -0.4 is 4.74 Å². The second-order valence-corrected chi connectivity index (χ2v) is 10.1. The fourth-order valence-corrected chi connectivity index (χ4v) is 6.49. The minimum Gasteiger partial charge on any atom is -0.493 e. The van der Waals surface area contributed by atoms with E-state index in [-0.39, 0.29) is 48.6 Å². The van der Waals surface area contributed by atoms with Crippen LogP contribution in [-0.4, -0.2) is 40.3 Å². The molecule has 3 aromatic rings. The Bertz CT molecular complexity index is 1320. The molecule has 35 heavy (non-hydrogen) atoms. The highest BCUT2D eigenvalue weighted by Gasteiger charge is 2.66. The predicted molar refractivity (Wildman–Crippen MR) is 129 cm³/mol. The Morgan fingerprint density at radius 3 is 2.54 bits per heavy atom. The zero-order chi connectivity index (χ0) is 24.3. The Morgan fingerprint density at radius 1 is 1.06 bits per heavy atom. The Balaban J connectivity index is 1.48. The Morgan fingerprint density at radius 2 is 1.80 bits per heavy atom. The van der Waals surface area contributed by atoms with Crippen molar-refractivity contribution in [3.05, 3.63) is 100 Å². The Labute approximate surface area is 208 Å². The standard InChI is InChI=1S/C28H24ClFN2O3/c1-28-25(18-5-3-2-4-6-18)22-16-35-23-12-9-19(29)13-21(23)26(22)32(28)24(33)15-31(27(28)34)14-17-7-10-20(30)11-8-17/h2-13,22,25-26H,14-16H2,1H3/t22?,25?,26?,28-/m1/s1. The quantitative estimate of drug-likeness (QED) is 0.521. The van der Waals surface area contributed by atoms with Crippen molar-refractivity contribution in [3.8, 4) is 5.75 Å². The molecule has 2 amide bonds. The number of halogens is 2. The van der Waals surface area contributed by atoms with Crippen LogP contribution in [0.5, 0.6) is 5.75 Å². The van der Waals surface area contributed by atoms with Gasteiger partial charge < -0.3 is 14.5 Å². The van der Waals surface area contributed by atoms with Crippen molar-refractivity contribution in [3.63, 3.8) is 0 Å². The summed E-state index contributed by atoms with van der Waals surface area (Å²) in [5, 5.41) is 0.562. The van der Waals surface area contributed by atoms with Gasteiger partial charge in [0.05, 0.1) is 12.6 Å². The lowest BCUT2D eigenvalue weighted by molar-refractivity contribution is -0.164. The van der Waals surface area contributed by atoms with Crippen LogP contribution in [0.2, 0.25) is 5.02 Å². The van der Waals surface area contributed by atoms with Gasteiger partial charge in [-0.3, -0.25) is 9.59 Å². The average Bonchev–Trinajstić information content (AvgIpc) is 3.14. The molecule has 0 bridgehead atoms. The molecule has 0 aliphatic carbocycles. The third kappa shape index (κ3) is 3.34. The number of rotatable bonds is 3. The largest absolute Gasteiger partial charge is 0.493 e. The zero-order valence-corrected chi connectivity index (χ0v) is 19.9. The van der Waals surface area contributed by atoms with Crippen LogP contribution in [0.4, 0.5) is 4.39 Å². The van der Waals surface area contributed by atoms with Crippen LogP contribution in [0.3, 0.4) is 0 Å². The van der Waals surface area contributed by atoms with Gasteiger partial charge >= 0.3 is 0 Å². The van der Waals surface area contributed by atoms with Crippen LogP contribution in [0, 0.1) is 11.7 Å². The van der Waals surface area contributed by atoms with E-state index in [0.717, 1.165) is 16.7 Å². The number of hydrogen-bond donors (Lipinski definition) is 0.